The zero-order valence-corrected chi connectivity index (χ0v) is 10.3. The van der Waals surface area contributed by atoms with Gasteiger partial charge in [-0.25, -0.2) is 4.39 Å². The molecule has 96 valence electrons. The molecule has 0 amide bonds. The number of benzene rings is 1. The lowest BCUT2D eigenvalue weighted by Crippen LogP contribution is -2.06. The number of nitrogens with two attached hydrogens (primary N) is 1. The maximum Gasteiger partial charge on any atom is 0.167 e. The predicted octanol–water partition coefficient (Wildman–Crippen LogP) is 2.90. The SMILES string of the molecule is C[C@@H](N)c1ccc(Oc2ccc(C#N)cc2F)cn1. The molecule has 1 atom stereocenters. The van der Waals surface area contributed by atoms with Crippen LogP contribution in [-0.2, 0) is 0 Å². The number of halogens is 1. The summed E-state index contributed by atoms with van der Waals surface area (Å²) in [4.78, 5) is 4.11. The van der Waals surface area contributed by atoms with Crippen molar-refractivity contribution in [1.82, 2.24) is 4.98 Å². The Morgan fingerprint density at radius 1 is 1.37 bits per heavy atom. The minimum atomic E-state index is -0.588. The molecule has 2 aromatic rings. The van der Waals surface area contributed by atoms with Crippen LogP contribution in [0.1, 0.15) is 24.2 Å². The molecule has 1 heterocycles. The van der Waals surface area contributed by atoms with Crippen molar-refractivity contribution in [3.05, 3.63) is 53.6 Å². The van der Waals surface area contributed by atoms with Crippen LogP contribution in [0.25, 0.3) is 0 Å². The third kappa shape index (κ3) is 3.06. The van der Waals surface area contributed by atoms with Crippen LogP contribution < -0.4 is 10.5 Å². The van der Waals surface area contributed by atoms with Crippen LogP contribution in [0.3, 0.4) is 0 Å². The first-order chi connectivity index (χ1) is 9.10. The summed E-state index contributed by atoms with van der Waals surface area (Å²) in [5.74, 6) is -0.127. The lowest BCUT2D eigenvalue weighted by molar-refractivity contribution is 0.440. The molecule has 2 N–H and O–H groups in total. The van der Waals surface area contributed by atoms with Gasteiger partial charge in [-0.15, -0.1) is 0 Å². The summed E-state index contributed by atoms with van der Waals surface area (Å²) in [6, 6.07) is 9.11. The summed E-state index contributed by atoms with van der Waals surface area (Å²) in [5, 5.41) is 8.65. The molecule has 2 rings (SSSR count). The first-order valence-corrected chi connectivity index (χ1v) is 5.69. The highest BCUT2D eigenvalue weighted by Gasteiger charge is 2.07. The molecule has 0 fully saturated rings. The maximum atomic E-state index is 13.6. The van der Waals surface area contributed by atoms with Gasteiger partial charge in [0, 0.05) is 6.04 Å². The smallest absolute Gasteiger partial charge is 0.167 e. The summed E-state index contributed by atoms with van der Waals surface area (Å²) in [6.45, 7) is 1.82. The van der Waals surface area contributed by atoms with Gasteiger partial charge in [0.25, 0.3) is 0 Å². The van der Waals surface area contributed by atoms with Gasteiger partial charge in [0.1, 0.15) is 5.75 Å². The number of ether oxygens (including phenoxy) is 1. The lowest BCUT2D eigenvalue weighted by atomic mass is 10.2. The van der Waals surface area contributed by atoms with Crippen molar-refractivity contribution in [2.45, 2.75) is 13.0 Å². The molecule has 1 aromatic heterocycles. The Kier molecular flexibility index (Phi) is 3.74. The largest absolute Gasteiger partial charge is 0.453 e. The van der Waals surface area contributed by atoms with Crippen molar-refractivity contribution >= 4 is 0 Å². The molecule has 0 bridgehead atoms. The molecular weight excluding hydrogens is 245 g/mol. The Hall–Kier alpha value is -2.45. The van der Waals surface area contributed by atoms with Gasteiger partial charge in [-0.1, -0.05) is 0 Å². The molecule has 1 aromatic carbocycles. The molecule has 5 heteroatoms. The van der Waals surface area contributed by atoms with Gasteiger partial charge in [0.15, 0.2) is 11.6 Å². The number of hydrogen-bond donors (Lipinski definition) is 1. The van der Waals surface area contributed by atoms with E-state index in [0.29, 0.717) is 5.75 Å². The first-order valence-electron chi connectivity index (χ1n) is 5.69. The molecule has 0 aliphatic carbocycles. The van der Waals surface area contributed by atoms with E-state index in [9.17, 15) is 4.39 Å². The summed E-state index contributed by atoms with van der Waals surface area (Å²) in [7, 11) is 0. The number of nitrogens with zero attached hydrogens (tertiary/aromatic N) is 2. The van der Waals surface area contributed by atoms with Crippen molar-refractivity contribution < 1.29 is 9.13 Å². The fourth-order valence-electron chi connectivity index (χ4n) is 1.50. The van der Waals surface area contributed by atoms with Crippen LogP contribution in [0.5, 0.6) is 11.5 Å². The second kappa shape index (κ2) is 5.46. The highest BCUT2D eigenvalue weighted by molar-refractivity contribution is 5.38. The van der Waals surface area contributed by atoms with Gasteiger partial charge in [0.05, 0.1) is 23.5 Å². The second-order valence-corrected chi connectivity index (χ2v) is 4.07. The van der Waals surface area contributed by atoms with Crippen LogP contribution >= 0.6 is 0 Å². The van der Waals surface area contributed by atoms with E-state index in [4.69, 9.17) is 15.7 Å². The van der Waals surface area contributed by atoms with Crippen molar-refractivity contribution in [3.63, 3.8) is 0 Å². The monoisotopic (exact) mass is 257 g/mol. The molecular formula is C14H12FN3O. The minimum Gasteiger partial charge on any atom is -0.453 e. The quantitative estimate of drug-likeness (QED) is 0.917. The van der Waals surface area contributed by atoms with Crippen LogP contribution in [0, 0.1) is 17.1 Å². The molecule has 19 heavy (non-hydrogen) atoms. The number of nitriles is 1. The standard InChI is InChI=1S/C14H12FN3O/c1-9(17)13-4-3-11(8-18-13)19-14-5-2-10(7-16)6-12(14)15/h2-6,8-9H,17H2,1H3/t9-/m1/s1. The normalized spacial score (nSPS) is 11.7. The Balaban J connectivity index is 2.19. The maximum absolute atomic E-state index is 13.6. The van der Waals surface area contributed by atoms with Crippen molar-refractivity contribution in [2.24, 2.45) is 5.73 Å². The summed E-state index contributed by atoms with van der Waals surface area (Å²) < 4.78 is 19.0. The average molecular weight is 257 g/mol. The van der Waals surface area contributed by atoms with E-state index in [0.717, 1.165) is 11.8 Å². The third-order valence-corrected chi connectivity index (χ3v) is 2.51. The molecule has 0 spiro atoms. The highest BCUT2D eigenvalue weighted by Crippen LogP contribution is 2.25. The van der Waals surface area contributed by atoms with E-state index in [1.165, 1.54) is 18.3 Å². The fourth-order valence-corrected chi connectivity index (χ4v) is 1.50. The van der Waals surface area contributed by atoms with Gasteiger partial charge < -0.3 is 10.5 Å². The lowest BCUT2D eigenvalue weighted by Gasteiger charge is -2.08. The van der Waals surface area contributed by atoms with E-state index in [1.807, 2.05) is 13.0 Å². The number of rotatable bonds is 3. The van der Waals surface area contributed by atoms with E-state index >= 15 is 0 Å². The first kappa shape index (κ1) is 13.0. The highest BCUT2D eigenvalue weighted by atomic mass is 19.1. The van der Waals surface area contributed by atoms with E-state index in [1.54, 1.807) is 12.1 Å². The summed E-state index contributed by atoms with van der Waals surface area (Å²) >= 11 is 0. The van der Waals surface area contributed by atoms with Crippen molar-refractivity contribution in [2.75, 3.05) is 0 Å². The Bertz CT molecular complexity index is 618. The summed E-state index contributed by atoms with van der Waals surface area (Å²) in [5.41, 5.74) is 6.65. The van der Waals surface area contributed by atoms with Crippen LogP contribution in [-0.4, -0.2) is 4.98 Å². The van der Waals surface area contributed by atoms with E-state index < -0.39 is 5.82 Å². The van der Waals surface area contributed by atoms with Crippen LogP contribution in [0.15, 0.2) is 36.5 Å². The number of pyridine rings is 1. The molecule has 4 nitrogen and oxygen atoms in total. The molecule has 0 aliphatic heterocycles. The third-order valence-electron chi connectivity index (χ3n) is 2.51. The van der Waals surface area contributed by atoms with Gasteiger partial charge in [-0.2, -0.15) is 5.26 Å². The van der Waals surface area contributed by atoms with Gasteiger partial charge in [0.2, 0.25) is 0 Å². The van der Waals surface area contributed by atoms with Gasteiger partial charge >= 0.3 is 0 Å². The predicted molar refractivity (Wildman–Crippen MR) is 68.0 cm³/mol. The molecule has 0 saturated carbocycles. The summed E-state index contributed by atoms with van der Waals surface area (Å²) in [6.07, 6.45) is 1.48. The molecule has 0 radical (unpaired) electrons. The number of hydrogen-bond acceptors (Lipinski definition) is 4. The molecule has 0 saturated heterocycles. The zero-order valence-electron chi connectivity index (χ0n) is 10.3. The van der Waals surface area contributed by atoms with Gasteiger partial charge in [-0.3, -0.25) is 4.98 Å². The second-order valence-electron chi connectivity index (χ2n) is 4.07. The Morgan fingerprint density at radius 2 is 2.16 bits per heavy atom. The van der Waals surface area contributed by atoms with E-state index in [2.05, 4.69) is 4.98 Å². The van der Waals surface area contributed by atoms with Crippen LogP contribution in [0.4, 0.5) is 4.39 Å². The minimum absolute atomic E-state index is 0.0503. The van der Waals surface area contributed by atoms with Crippen molar-refractivity contribution in [1.29, 1.82) is 5.26 Å². The topological polar surface area (TPSA) is 71.9 Å². The Labute approximate surface area is 110 Å². The number of aromatic nitrogens is 1. The van der Waals surface area contributed by atoms with Crippen LogP contribution in [0.2, 0.25) is 0 Å². The van der Waals surface area contributed by atoms with Gasteiger partial charge in [-0.05, 0) is 37.3 Å². The fraction of sp³-hybridized carbons (Fsp3) is 0.143. The van der Waals surface area contributed by atoms with Crippen molar-refractivity contribution in [3.8, 4) is 17.6 Å². The molecule has 0 unspecified atom stereocenters. The molecule has 0 aliphatic rings. The zero-order chi connectivity index (χ0) is 13.8. The Morgan fingerprint density at radius 3 is 2.68 bits per heavy atom. The van der Waals surface area contributed by atoms with E-state index in [-0.39, 0.29) is 17.4 Å². The average Bonchev–Trinajstić information content (AvgIpc) is 2.41.